The standard InChI is InChI=1S/C21H28N4O3S/c1-16(26)22-21-23-18(15-29-21)14-24-10-3-11-25(13-12-24)20(27)9-6-17-4-7-19(28-2)8-5-17/h4-5,7-8,15H,3,6,9-14H2,1-2H3,(H,22,23,26). The van der Waals surface area contributed by atoms with Crippen LogP contribution >= 0.6 is 11.3 Å². The van der Waals surface area contributed by atoms with E-state index >= 15 is 0 Å². The molecule has 0 aliphatic carbocycles. The number of amides is 2. The molecule has 29 heavy (non-hydrogen) atoms. The highest BCUT2D eigenvalue weighted by molar-refractivity contribution is 7.13. The van der Waals surface area contributed by atoms with Gasteiger partial charge in [-0.25, -0.2) is 4.98 Å². The van der Waals surface area contributed by atoms with Gasteiger partial charge in [-0.15, -0.1) is 11.3 Å². The smallest absolute Gasteiger partial charge is 0.223 e. The Morgan fingerprint density at radius 2 is 1.97 bits per heavy atom. The monoisotopic (exact) mass is 416 g/mol. The van der Waals surface area contributed by atoms with Crippen LogP contribution in [0.5, 0.6) is 5.75 Å². The quantitative estimate of drug-likeness (QED) is 0.751. The number of anilines is 1. The molecular formula is C21H28N4O3S. The maximum Gasteiger partial charge on any atom is 0.223 e. The van der Waals surface area contributed by atoms with E-state index in [0.717, 1.165) is 62.6 Å². The third kappa shape index (κ3) is 6.54. The minimum absolute atomic E-state index is 0.107. The van der Waals surface area contributed by atoms with E-state index < -0.39 is 0 Å². The summed E-state index contributed by atoms with van der Waals surface area (Å²) >= 11 is 1.44. The fourth-order valence-electron chi connectivity index (χ4n) is 3.40. The molecular weight excluding hydrogens is 388 g/mol. The lowest BCUT2D eigenvalue weighted by Gasteiger charge is -2.21. The van der Waals surface area contributed by atoms with Crippen LogP contribution in [0.15, 0.2) is 29.6 Å². The molecule has 8 heteroatoms. The second kappa shape index (κ2) is 10.4. The number of aryl methyl sites for hydroxylation is 1. The molecule has 7 nitrogen and oxygen atoms in total. The number of hydrogen-bond acceptors (Lipinski definition) is 6. The van der Waals surface area contributed by atoms with Crippen molar-refractivity contribution >= 4 is 28.3 Å². The van der Waals surface area contributed by atoms with Gasteiger partial charge in [0.1, 0.15) is 5.75 Å². The molecule has 0 saturated carbocycles. The molecule has 2 heterocycles. The van der Waals surface area contributed by atoms with Crippen molar-refractivity contribution in [3.63, 3.8) is 0 Å². The lowest BCUT2D eigenvalue weighted by Crippen LogP contribution is -2.35. The zero-order valence-corrected chi connectivity index (χ0v) is 17.8. The molecule has 3 rings (SSSR count). The fourth-order valence-corrected chi connectivity index (χ4v) is 4.14. The van der Waals surface area contributed by atoms with E-state index in [1.54, 1.807) is 7.11 Å². The SMILES string of the molecule is COc1ccc(CCC(=O)N2CCCN(Cc3csc(NC(C)=O)n3)CC2)cc1. The average molecular weight is 417 g/mol. The summed E-state index contributed by atoms with van der Waals surface area (Å²) in [5, 5.41) is 5.34. The normalized spacial score (nSPS) is 15.0. The van der Waals surface area contributed by atoms with E-state index in [4.69, 9.17) is 4.74 Å². The van der Waals surface area contributed by atoms with Gasteiger partial charge < -0.3 is 15.0 Å². The summed E-state index contributed by atoms with van der Waals surface area (Å²) in [7, 11) is 1.65. The average Bonchev–Trinajstić information content (AvgIpc) is 3.00. The van der Waals surface area contributed by atoms with Crippen molar-refractivity contribution in [3.8, 4) is 5.75 Å². The number of nitrogens with zero attached hydrogens (tertiary/aromatic N) is 3. The summed E-state index contributed by atoms with van der Waals surface area (Å²) in [5.74, 6) is 0.936. The van der Waals surface area contributed by atoms with Gasteiger partial charge in [0, 0.05) is 51.4 Å². The molecule has 0 radical (unpaired) electrons. The van der Waals surface area contributed by atoms with Crippen molar-refractivity contribution in [1.82, 2.24) is 14.8 Å². The van der Waals surface area contributed by atoms with Crippen LogP contribution in [-0.4, -0.2) is 59.9 Å². The number of nitrogens with one attached hydrogen (secondary N) is 1. The number of rotatable bonds is 7. The van der Waals surface area contributed by atoms with Crippen LogP contribution in [0.25, 0.3) is 0 Å². The third-order valence-electron chi connectivity index (χ3n) is 4.95. The maximum atomic E-state index is 12.7. The second-order valence-electron chi connectivity index (χ2n) is 7.18. The maximum absolute atomic E-state index is 12.7. The van der Waals surface area contributed by atoms with Gasteiger partial charge in [0.25, 0.3) is 0 Å². The molecule has 2 aromatic rings. The van der Waals surface area contributed by atoms with Crippen molar-refractivity contribution in [2.75, 3.05) is 38.6 Å². The molecule has 0 unspecified atom stereocenters. The van der Waals surface area contributed by atoms with Gasteiger partial charge in [0.15, 0.2) is 5.13 Å². The minimum atomic E-state index is -0.107. The summed E-state index contributed by atoms with van der Waals surface area (Å²) in [5.41, 5.74) is 2.10. The Balaban J connectivity index is 1.45. The van der Waals surface area contributed by atoms with Crippen LogP contribution in [0.1, 0.15) is 31.0 Å². The topological polar surface area (TPSA) is 74.8 Å². The van der Waals surface area contributed by atoms with Gasteiger partial charge in [-0.1, -0.05) is 12.1 Å². The summed E-state index contributed by atoms with van der Waals surface area (Å²) < 4.78 is 5.17. The van der Waals surface area contributed by atoms with E-state index in [0.29, 0.717) is 11.6 Å². The highest BCUT2D eigenvalue weighted by Crippen LogP contribution is 2.18. The third-order valence-corrected chi connectivity index (χ3v) is 5.75. The first-order valence-corrected chi connectivity index (χ1v) is 10.8. The number of hydrogen-bond donors (Lipinski definition) is 1. The minimum Gasteiger partial charge on any atom is -0.497 e. The Morgan fingerprint density at radius 3 is 2.69 bits per heavy atom. The van der Waals surface area contributed by atoms with Gasteiger partial charge in [-0.05, 0) is 30.5 Å². The van der Waals surface area contributed by atoms with E-state index in [1.807, 2.05) is 34.5 Å². The summed E-state index contributed by atoms with van der Waals surface area (Å²) in [6.45, 7) is 5.53. The number of benzene rings is 1. The number of carbonyl (C=O) groups excluding carboxylic acids is 2. The lowest BCUT2D eigenvalue weighted by atomic mass is 10.1. The molecule has 1 aromatic heterocycles. The van der Waals surface area contributed by atoms with Crippen LogP contribution in [0.4, 0.5) is 5.13 Å². The van der Waals surface area contributed by atoms with Gasteiger partial charge in [-0.3, -0.25) is 14.5 Å². The molecule has 1 fully saturated rings. The van der Waals surface area contributed by atoms with Gasteiger partial charge in [0.2, 0.25) is 11.8 Å². The zero-order chi connectivity index (χ0) is 20.6. The molecule has 0 atom stereocenters. The van der Waals surface area contributed by atoms with Crippen LogP contribution in [0.2, 0.25) is 0 Å². The number of aromatic nitrogens is 1. The Bertz CT molecular complexity index is 822. The molecule has 1 N–H and O–H groups in total. The molecule has 1 aliphatic heterocycles. The zero-order valence-electron chi connectivity index (χ0n) is 17.0. The van der Waals surface area contributed by atoms with Crippen molar-refractivity contribution in [2.45, 2.75) is 32.7 Å². The molecule has 156 valence electrons. The van der Waals surface area contributed by atoms with Crippen LogP contribution in [0.3, 0.4) is 0 Å². The van der Waals surface area contributed by atoms with Gasteiger partial charge >= 0.3 is 0 Å². The van der Waals surface area contributed by atoms with E-state index in [-0.39, 0.29) is 11.8 Å². The van der Waals surface area contributed by atoms with Crippen molar-refractivity contribution in [3.05, 3.63) is 40.9 Å². The summed E-state index contributed by atoms with van der Waals surface area (Å²) in [6.07, 6.45) is 2.23. The number of methoxy groups -OCH3 is 1. The predicted octanol–water partition coefficient (Wildman–Crippen LogP) is 2.78. The number of carbonyl (C=O) groups is 2. The molecule has 1 aromatic carbocycles. The number of thiazole rings is 1. The summed E-state index contributed by atoms with van der Waals surface area (Å²) in [6, 6.07) is 7.89. The number of ether oxygens (including phenoxy) is 1. The van der Waals surface area contributed by atoms with E-state index in [9.17, 15) is 9.59 Å². The lowest BCUT2D eigenvalue weighted by molar-refractivity contribution is -0.131. The first-order chi connectivity index (χ1) is 14.0. The Hall–Kier alpha value is -2.45. The van der Waals surface area contributed by atoms with Crippen molar-refractivity contribution < 1.29 is 14.3 Å². The molecule has 1 saturated heterocycles. The van der Waals surface area contributed by atoms with Gasteiger partial charge in [0.05, 0.1) is 12.8 Å². The van der Waals surface area contributed by atoms with Crippen molar-refractivity contribution in [1.29, 1.82) is 0 Å². The Morgan fingerprint density at radius 1 is 1.17 bits per heavy atom. The highest BCUT2D eigenvalue weighted by atomic mass is 32.1. The van der Waals surface area contributed by atoms with E-state index in [1.165, 1.54) is 18.3 Å². The molecule has 0 spiro atoms. The van der Waals surface area contributed by atoms with Crippen LogP contribution < -0.4 is 10.1 Å². The highest BCUT2D eigenvalue weighted by Gasteiger charge is 2.19. The van der Waals surface area contributed by atoms with Gasteiger partial charge in [-0.2, -0.15) is 0 Å². The Labute approximate surface area is 175 Å². The molecule has 1 aliphatic rings. The summed E-state index contributed by atoms with van der Waals surface area (Å²) in [4.78, 5) is 32.5. The Kier molecular flexibility index (Phi) is 7.60. The van der Waals surface area contributed by atoms with Crippen LogP contribution in [0, 0.1) is 0 Å². The van der Waals surface area contributed by atoms with Crippen molar-refractivity contribution in [2.24, 2.45) is 0 Å². The predicted molar refractivity (Wildman–Crippen MR) is 114 cm³/mol. The molecule has 0 bridgehead atoms. The van der Waals surface area contributed by atoms with E-state index in [2.05, 4.69) is 15.2 Å². The second-order valence-corrected chi connectivity index (χ2v) is 8.04. The largest absolute Gasteiger partial charge is 0.497 e. The first-order valence-electron chi connectivity index (χ1n) is 9.88. The first kappa shape index (κ1) is 21.3. The van der Waals surface area contributed by atoms with Crippen LogP contribution in [-0.2, 0) is 22.6 Å². The fraction of sp³-hybridized carbons (Fsp3) is 0.476. The molecule has 2 amide bonds.